The van der Waals surface area contributed by atoms with Gasteiger partial charge in [0, 0.05) is 32.2 Å². The number of halogens is 1. The molecule has 2 aliphatic rings. The smallest absolute Gasteiger partial charge is 0.236 e. The number of hydrogen-bond donors (Lipinski definition) is 1. The van der Waals surface area contributed by atoms with Gasteiger partial charge in [-0.15, -0.1) is 12.4 Å². The molecule has 2 heterocycles. The van der Waals surface area contributed by atoms with Crippen LogP contribution in [0, 0.1) is 11.3 Å². The van der Waals surface area contributed by atoms with Crippen molar-refractivity contribution in [1.29, 1.82) is 5.26 Å². The van der Waals surface area contributed by atoms with Crippen LogP contribution in [-0.2, 0) is 20.6 Å². The topological polar surface area (TPSA) is 93.5 Å². The number of carbonyl (C=O) groups is 1. The number of nitriles is 1. The largest absolute Gasteiger partial charge is 0.336 e. The highest BCUT2D eigenvalue weighted by Crippen LogP contribution is 2.21. The van der Waals surface area contributed by atoms with Crippen molar-refractivity contribution < 1.29 is 13.2 Å². The van der Waals surface area contributed by atoms with Gasteiger partial charge in [-0.1, -0.05) is 12.1 Å². The van der Waals surface area contributed by atoms with Gasteiger partial charge in [-0.25, -0.2) is 8.42 Å². The van der Waals surface area contributed by atoms with Gasteiger partial charge in [0.05, 0.1) is 23.9 Å². The molecule has 9 heteroatoms. The highest BCUT2D eigenvalue weighted by Gasteiger charge is 2.34. The molecule has 7 nitrogen and oxygen atoms in total. The minimum Gasteiger partial charge on any atom is -0.336 e. The monoisotopic (exact) mass is 398 g/mol. The highest BCUT2D eigenvalue weighted by atomic mass is 35.5. The number of sulfonamides is 1. The van der Waals surface area contributed by atoms with E-state index in [0.717, 1.165) is 19.4 Å². The average Bonchev–Trinajstić information content (AvgIpc) is 2.62. The summed E-state index contributed by atoms with van der Waals surface area (Å²) in [6.07, 6.45) is 1.58. The van der Waals surface area contributed by atoms with E-state index in [1.54, 1.807) is 24.3 Å². The van der Waals surface area contributed by atoms with Gasteiger partial charge in [0.25, 0.3) is 0 Å². The normalized spacial score (nSPS) is 21.7. The van der Waals surface area contributed by atoms with E-state index in [9.17, 15) is 13.2 Å². The second-order valence-corrected chi connectivity index (χ2v) is 8.46. The first kappa shape index (κ1) is 20.6. The fourth-order valence-electron chi connectivity index (χ4n) is 3.47. The van der Waals surface area contributed by atoms with Crippen LogP contribution in [0.25, 0.3) is 0 Å². The van der Waals surface area contributed by atoms with Gasteiger partial charge in [0.15, 0.2) is 0 Å². The number of hydrogen-bond acceptors (Lipinski definition) is 5. The van der Waals surface area contributed by atoms with Gasteiger partial charge in [-0.05, 0) is 30.5 Å². The Morgan fingerprint density at radius 3 is 2.85 bits per heavy atom. The Hall–Kier alpha value is -1.66. The van der Waals surface area contributed by atoms with E-state index in [-0.39, 0.29) is 30.1 Å². The molecule has 1 N–H and O–H groups in total. The molecule has 0 bridgehead atoms. The second-order valence-electron chi connectivity index (χ2n) is 6.49. The molecule has 142 valence electrons. The number of nitrogens with zero attached hydrogens (tertiary/aromatic N) is 3. The van der Waals surface area contributed by atoms with Crippen molar-refractivity contribution in [2.75, 3.05) is 32.7 Å². The van der Waals surface area contributed by atoms with Gasteiger partial charge in [0.2, 0.25) is 15.9 Å². The fraction of sp³-hybridized carbons (Fsp3) is 0.529. The van der Waals surface area contributed by atoms with E-state index in [1.165, 1.54) is 4.31 Å². The van der Waals surface area contributed by atoms with Crippen LogP contribution in [0.5, 0.6) is 0 Å². The number of amides is 1. The van der Waals surface area contributed by atoms with Gasteiger partial charge < -0.3 is 10.2 Å². The summed E-state index contributed by atoms with van der Waals surface area (Å²) >= 11 is 0. The molecule has 0 saturated carbocycles. The summed E-state index contributed by atoms with van der Waals surface area (Å²) < 4.78 is 27.1. The SMILES string of the molecule is Cl.N#Cc1cccc(CS(=O)(=O)N2CCCC(N3CCNCC3=O)C2)c1. The number of piperazine rings is 1. The molecule has 1 amide bonds. The zero-order chi connectivity index (χ0) is 17.9. The molecule has 1 atom stereocenters. The number of benzene rings is 1. The van der Waals surface area contributed by atoms with Crippen LogP contribution in [0.1, 0.15) is 24.0 Å². The summed E-state index contributed by atoms with van der Waals surface area (Å²) in [6, 6.07) is 8.66. The van der Waals surface area contributed by atoms with Crippen molar-refractivity contribution in [2.45, 2.75) is 24.6 Å². The third-order valence-electron chi connectivity index (χ3n) is 4.72. The lowest BCUT2D eigenvalue weighted by Gasteiger charge is -2.40. The minimum absolute atomic E-state index is 0. The molecule has 2 saturated heterocycles. The lowest BCUT2D eigenvalue weighted by atomic mass is 10.1. The third-order valence-corrected chi connectivity index (χ3v) is 6.54. The average molecular weight is 399 g/mol. The summed E-state index contributed by atoms with van der Waals surface area (Å²) in [5, 5.41) is 12.0. The quantitative estimate of drug-likeness (QED) is 0.806. The molecule has 0 spiro atoms. The first-order valence-electron chi connectivity index (χ1n) is 8.46. The van der Waals surface area contributed by atoms with Gasteiger partial charge >= 0.3 is 0 Å². The second kappa shape index (κ2) is 8.82. The molecule has 0 aliphatic carbocycles. The van der Waals surface area contributed by atoms with Crippen LogP contribution < -0.4 is 5.32 Å². The Balaban J connectivity index is 0.00000243. The molecule has 0 radical (unpaired) electrons. The van der Waals surface area contributed by atoms with E-state index in [0.29, 0.717) is 37.3 Å². The molecular weight excluding hydrogens is 376 g/mol. The van der Waals surface area contributed by atoms with Gasteiger partial charge in [-0.2, -0.15) is 9.57 Å². The maximum Gasteiger partial charge on any atom is 0.236 e. The molecule has 0 aromatic heterocycles. The Morgan fingerprint density at radius 1 is 1.31 bits per heavy atom. The molecule has 1 aromatic carbocycles. The standard InChI is InChI=1S/C17H22N4O3S.ClH/c18-10-14-3-1-4-15(9-14)13-25(23,24)20-7-2-5-16(12-20)21-8-6-19-11-17(21)22;/h1,3-4,9,16,19H,2,5-8,11-13H2;1H. The molecule has 2 aliphatic heterocycles. The lowest BCUT2D eigenvalue weighted by molar-refractivity contribution is -0.135. The lowest BCUT2D eigenvalue weighted by Crippen LogP contribution is -2.57. The maximum atomic E-state index is 12.8. The molecule has 3 rings (SSSR count). The predicted molar refractivity (Wildman–Crippen MR) is 100 cm³/mol. The number of piperidine rings is 1. The Kier molecular flexibility index (Phi) is 7.01. The number of nitrogens with one attached hydrogen (secondary N) is 1. The van der Waals surface area contributed by atoms with Crippen LogP contribution in [0.2, 0.25) is 0 Å². The highest BCUT2D eigenvalue weighted by molar-refractivity contribution is 7.88. The van der Waals surface area contributed by atoms with Crippen LogP contribution in [0.15, 0.2) is 24.3 Å². The first-order chi connectivity index (χ1) is 12.0. The molecule has 2 fully saturated rings. The van der Waals surface area contributed by atoms with Crippen molar-refractivity contribution in [3.63, 3.8) is 0 Å². The summed E-state index contributed by atoms with van der Waals surface area (Å²) in [5.41, 5.74) is 1.06. The Labute approximate surface area is 160 Å². The molecular formula is C17H23ClN4O3S. The summed E-state index contributed by atoms with van der Waals surface area (Å²) in [7, 11) is -3.48. The first-order valence-corrected chi connectivity index (χ1v) is 10.1. The summed E-state index contributed by atoms with van der Waals surface area (Å²) in [5.74, 6) is -0.0812. The Morgan fingerprint density at radius 2 is 2.12 bits per heavy atom. The van der Waals surface area contributed by atoms with Crippen molar-refractivity contribution in [3.05, 3.63) is 35.4 Å². The zero-order valence-corrected chi connectivity index (χ0v) is 16.1. The molecule has 1 aromatic rings. The summed E-state index contributed by atoms with van der Waals surface area (Å²) in [6.45, 7) is 2.53. The van der Waals surface area contributed by atoms with Crippen LogP contribution >= 0.6 is 12.4 Å². The predicted octanol–water partition coefficient (Wildman–Crippen LogP) is 0.706. The number of carbonyl (C=O) groups excluding carboxylic acids is 1. The van der Waals surface area contributed by atoms with Crippen LogP contribution in [0.3, 0.4) is 0 Å². The van der Waals surface area contributed by atoms with Gasteiger partial charge in [-0.3, -0.25) is 4.79 Å². The van der Waals surface area contributed by atoms with Crippen LogP contribution in [0.4, 0.5) is 0 Å². The summed E-state index contributed by atoms with van der Waals surface area (Å²) in [4.78, 5) is 13.9. The third kappa shape index (κ3) is 4.74. The van der Waals surface area contributed by atoms with E-state index < -0.39 is 10.0 Å². The van der Waals surface area contributed by atoms with Crippen molar-refractivity contribution in [3.8, 4) is 6.07 Å². The molecule has 1 unspecified atom stereocenters. The zero-order valence-electron chi connectivity index (χ0n) is 14.4. The van der Waals surface area contributed by atoms with E-state index >= 15 is 0 Å². The Bertz CT molecular complexity index is 793. The maximum absolute atomic E-state index is 12.8. The fourth-order valence-corrected chi connectivity index (χ4v) is 5.06. The van der Waals surface area contributed by atoms with Crippen molar-refractivity contribution in [1.82, 2.24) is 14.5 Å². The van der Waals surface area contributed by atoms with Crippen molar-refractivity contribution >= 4 is 28.3 Å². The van der Waals surface area contributed by atoms with Gasteiger partial charge in [0.1, 0.15) is 0 Å². The minimum atomic E-state index is -3.48. The van der Waals surface area contributed by atoms with E-state index in [2.05, 4.69) is 5.32 Å². The molecule has 26 heavy (non-hydrogen) atoms. The van der Waals surface area contributed by atoms with E-state index in [4.69, 9.17) is 5.26 Å². The van der Waals surface area contributed by atoms with Crippen molar-refractivity contribution in [2.24, 2.45) is 0 Å². The number of rotatable bonds is 4. The van der Waals surface area contributed by atoms with Crippen LogP contribution in [-0.4, -0.2) is 62.3 Å². The van der Waals surface area contributed by atoms with E-state index in [1.807, 2.05) is 11.0 Å².